The van der Waals surface area contributed by atoms with Gasteiger partial charge in [-0.25, -0.2) is 24.1 Å². The van der Waals surface area contributed by atoms with Gasteiger partial charge in [-0.1, -0.05) is 0 Å². The van der Waals surface area contributed by atoms with Crippen molar-refractivity contribution in [3.05, 3.63) is 41.2 Å². The van der Waals surface area contributed by atoms with Crippen molar-refractivity contribution in [3.8, 4) is 11.5 Å². The van der Waals surface area contributed by atoms with E-state index in [0.29, 0.717) is 52.8 Å². The molecule has 4 aromatic rings. The molecular formula is C32H40FN7O4. The highest BCUT2D eigenvalue weighted by Crippen LogP contribution is 2.37. The van der Waals surface area contributed by atoms with Crippen LogP contribution in [0.5, 0.6) is 0 Å². The Kier molecular flexibility index (Phi) is 7.38. The molecule has 2 aliphatic rings. The molecule has 11 nitrogen and oxygen atoms in total. The summed E-state index contributed by atoms with van der Waals surface area (Å²) in [5.74, 6) is 1.00. The molecule has 6 rings (SSSR count). The number of hydrogen-bond donors (Lipinski definition) is 2. The van der Waals surface area contributed by atoms with Crippen LogP contribution in [0.3, 0.4) is 0 Å². The molecule has 0 radical (unpaired) electrons. The zero-order valence-electron chi connectivity index (χ0n) is 26.1. The zero-order valence-corrected chi connectivity index (χ0v) is 26.1. The molecule has 1 atom stereocenters. The average molecular weight is 606 g/mol. The Balaban J connectivity index is 1.32. The van der Waals surface area contributed by atoms with Crippen LogP contribution in [0.25, 0.3) is 33.7 Å². The normalized spacial score (nSPS) is 16.5. The molecule has 12 heteroatoms. The number of imidazole rings is 1. The van der Waals surface area contributed by atoms with Gasteiger partial charge in [-0.2, -0.15) is 0 Å². The third-order valence-corrected chi connectivity index (χ3v) is 8.15. The maximum absolute atomic E-state index is 13.9. The van der Waals surface area contributed by atoms with Crippen LogP contribution in [0.2, 0.25) is 0 Å². The number of ether oxygens (including phenoxy) is 1. The molecule has 2 amide bonds. The van der Waals surface area contributed by atoms with Crippen molar-refractivity contribution < 1.29 is 23.8 Å². The molecule has 1 saturated carbocycles. The van der Waals surface area contributed by atoms with Gasteiger partial charge in [-0.3, -0.25) is 4.79 Å². The molecule has 234 valence electrons. The van der Waals surface area contributed by atoms with Crippen LogP contribution in [0.1, 0.15) is 69.2 Å². The van der Waals surface area contributed by atoms with E-state index in [9.17, 15) is 19.1 Å². The van der Waals surface area contributed by atoms with E-state index in [1.165, 1.54) is 0 Å². The van der Waals surface area contributed by atoms with Crippen LogP contribution in [-0.4, -0.2) is 77.5 Å². The summed E-state index contributed by atoms with van der Waals surface area (Å²) >= 11 is 0. The highest BCUT2D eigenvalue weighted by molar-refractivity contribution is 5.99. The van der Waals surface area contributed by atoms with Crippen molar-refractivity contribution in [1.82, 2.24) is 34.3 Å². The SMILES string of the molecule is Cn1c(-c2cc3ccc(C(C)(C)O)nc3n2CC2CC2)nc2cc3c(nc21)CCN(C[C@@H](CF)NC(=O)OC(C)(C)C)C3=O. The van der Waals surface area contributed by atoms with Crippen molar-refractivity contribution in [2.24, 2.45) is 13.0 Å². The molecule has 4 aromatic heterocycles. The molecule has 1 aliphatic heterocycles. The van der Waals surface area contributed by atoms with Crippen LogP contribution < -0.4 is 5.32 Å². The fourth-order valence-corrected chi connectivity index (χ4v) is 5.71. The number of fused-ring (bicyclic) bond motifs is 3. The van der Waals surface area contributed by atoms with E-state index in [4.69, 9.17) is 19.7 Å². The molecule has 1 aliphatic carbocycles. The summed E-state index contributed by atoms with van der Waals surface area (Å²) in [6.07, 6.45) is 2.10. The number of halogens is 1. The van der Waals surface area contributed by atoms with E-state index in [1.807, 2.05) is 23.7 Å². The Labute approximate surface area is 255 Å². The van der Waals surface area contributed by atoms with Crippen LogP contribution in [0.15, 0.2) is 24.3 Å². The topological polar surface area (TPSA) is 127 Å². The summed E-state index contributed by atoms with van der Waals surface area (Å²) in [6.45, 7) is 8.99. The minimum absolute atomic E-state index is 0.0143. The number of rotatable bonds is 8. The van der Waals surface area contributed by atoms with Crippen LogP contribution in [0.4, 0.5) is 9.18 Å². The largest absolute Gasteiger partial charge is 0.444 e. The molecule has 0 saturated heterocycles. The number of aliphatic hydroxyl groups is 1. The number of aromatic nitrogens is 5. The van der Waals surface area contributed by atoms with Crippen molar-refractivity contribution in [1.29, 1.82) is 0 Å². The van der Waals surface area contributed by atoms with Crippen molar-refractivity contribution in [3.63, 3.8) is 0 Å². The highest BCUT2D eigenvalue weighted by Gasteiger charge is 2.31. The van der Waals surface area contributed by atoms with Crippen LogP contribution in [-0.2, 0) is 30.4 Å². The fraction of sp³-hybridized carbons (Fsp3) is 0.531. The lowest BCUT2D eigenvalue weighted by Gasteiger charge is -2.31. The molecule has 1 fully saturated rings. The molecule has 0 unspecified atom stereocenters. The minimum atomic E-state index is -1.07. The molecule has 0 bridgehead atoms. The number of alkyl carbamates (subject to hydrolysis) is 1. The summed E-state index contributed by atoms with van der Waals surface area (Å²) in [5.41, 5.74) is 2.87. The van der Waals surface area contributed by atoms with Gasteiger partial charge in [-0.05, 0) is 77.6 Å². The number of carbonyl (C=O) groups is 2. The first-order chi connectivity index (χ1) is 20.7. The number of aryl methyl sites for hydroxylation is 1. The van der Waals surface area contributed by atoms with E-state index in [0.717, 1.165) is 36.1 Å². The highest BCUT2D eigenvalue weighted by atomic mass is 19.1. The summed E-state index contributed by atoms with van der Waals surface area (Å²) < 4.78 is 23.3. The quantitative estimate of drug-likeness (QED) is 0.303. The van der Waals surface area contributed by atoms with Crippen LogP contribution in [0, 0.1) is 5.92 Å². The van der Waals surface area contributed by atoms with Gasteiger partial charge in [-0.15, -0.1) is 0 Å². The third kappa shape index (κ3) is 5.87. The van der Waals surface area contributed by atoms with E-state index in [1.54, 1.807) is 45.6 Å². The van der Waals surface area contributed by atoms with Gasteiger partial charge >= 0.3 is 6.09 Å². The summed E-state index contributed by atoms with van der Waals surface area (Å²) in [7, 11) is 1.92. The van der Waals surface area contributed by atoms with Gasteiger partial charge in [0.05, 0.1) is 28.7 Å². The number of pyridine rings is 2. The number of alkyl halides is 1. The average Bonchev–Trinajstić information content (AvgIpc) is 3.62. The predicted molar refractivity (Wildman–Crippen MR) is 164 cm³/mol. The first-order valence-electron chi connectivity index (χ1n) is 15.2. The Hall–Kier alpha value is -4.06. The van der Waals surface area contributed by atoms with Gasteiger partial charge in [0.15, 0.2) is 11.5 Å². The lowest BCUT2D eigenvalue weighted by atomic mass is 10.0. The molecular weight excluding hydrogens is 565 g/mol. The zero-order chi connectivity index (χ0) is 31.6. The third-order valence-electron chi connectivity index (χ3n) is 8.15. The molecule has 5 heterocycles. The van der Waals surface area contributed by atoms with Gasteiger partial charge in [0.1, 0.15) is 29.0 Å². The first kappa shape index (κ1) is 30.0. The van der Waals surface area contributed by atoms with Gasteiger partial charge < -0.3 is 29.2 Å². The Morgan fingerprint density at radius 3 is 2.55 bits per heavy atom. The Morgan fingerprint density at radius 1 is 1.14 bits per heavy atom. The number of amides is 2. The van der Waals surface area contributed by atoms with Gasteiger partial charge in [0.2, 0.25) is 0 Å². The molecule has 0 aromatic carbocycles. The first-order valence-corrected chi connectivity index (χ1v) is 15.2. The second-order valence-corrected chi connectivity index (χ2v) is 13.6. The maximum Gasteiger partial charge on any atom is 0.408 e. The van der Waals surface area contributed by atoms with Gasteiger partial charge in [0, 0.05) is 38.5 Å². The monoisotopic (exact) mass is 605 g/mol. The predicted octanol–water partition coefficient (Wildman–Crippen LogP) is 4.48. The van der Waals surface area contributed by atoms with Crippen molar-refractivity contribution in [2.75, 3.05) is 19.8 Å². The van der Waals surface area contributed by atoms with E-state index in [-0.39, 0.29) is 12.5 Å². The summed E-state index contributed by atoms with van der Waals surface area (Å²) in [5, 5.41) is 14.1. The minimum Gasteiger partial charge on any atom is -0.444 e. The standard InChI is InChI=1S/C32H40FN7O4/c1-31(2,3)44-30(42)34-20(15-33)17-39-12-11-22-21(29(39)41)14-23-27(35-22)38(6)28(36-23)24-13-19-9-10-25(32(4,5)43)37-26(19)40(24)16-18-7-8-18/h9-10,13-14,18,20,43H,7-8,11-12,15-17H2,1-6H3,(H,34,42)/t20-/m1/s1. The number of nitrogens with zero attached hydrogens (tertiary/aromatic N) is 6. The number of hydrogen-bond acceptors (Lipinski definition) is 7. The molecule has 0 spiro atoms. The fourth-order valence-electron chi connectivity index (χ4n) is 5.71. The number of nitrogens with one attached hydrogen (secondary N) is 1. The van der Waals surface area contributed by atoms with Gasteiger partial charge in [0.25, 0.3) is 5.91 Å². The second kappa shape index (κ2) is 10.8. The van der Waals surface area contributed by atoms with Crippen LogP contribution >= 0.6 is 0 Å². The van der Waals surface area contributed by atoms with E-state index < -0.39 is 30.0 Å². The van der Waals surface area contributed by atoms with E-state index >= 15 is 0 Å². The number of carbonyl (C=O) groups excluding carboxylic acids is 2. The van der Waals surface area contributed by atoms with Crippen molar-refractivity contribution in [2.45, 2.75) is 77.7 Å². The summed E-state index contributed by atoms with van der Waals surface area (Å²) in [4.78, 5) is 42.0. The second-order valence-electron chi connectivity index (χ2n) is 13.6. The molecule has 2 N–H and O–H groups in total. The lowest BCUT2D eigenvalue weighted by Crippen LogP contribution is -2.50. The smallest absolute Gasteiger partial charge is 0.408 e. The molecule has 44 heavy (non-hydrogen) atoms. The maximum atomic E-state index is 13.9. The lowest BCUT2D eigenvalue weighted by molar-refractivity contribution is 0.0465. The summed E-state index contributed by atoms with van der Waals surface area (Å²) in [6, 6.07) is 6.78. The van der Waals surface area contributed by atoms with Crippen molar-refractivity contribution >= 4 is 34.2 Å². The Morgan fingerprint density at radius 2 is 1.89 bits per heavy atom. The van der Waals surface area contributed by atoms with E-state index in [2.05, 4.69) is 16.0 Å². The Bertz CT molecular complexity index is 1760.